The number of rotatable bonds is 7. The molecule has 0 bridgehead atoms. The number of nitrogens with zero attached hydrogens (tertiary/aromatic N) is 4. The molecule has 1 amide bonds. The topological polar surface area (TPSA) is 88.1 Å². The van der Waals surface area contributed by atoms with Crippen molar-refractivity contribution in [2.24, 2.45) is 5.92 Å². The molecular weight excluding hydrogens is 356 g/mol. The van der Waals surface area contributed by atoms with Gasteiger partial charge in [-0.3, -0.25) is 14.2 Å². The van der Waals surface area contributed by atoms with Crippen molar-refractivity contribution in [3.63, 3.8) is 0 Å². The zero-order chi connectivity index (χ0) is 20.3. The van der Waals surface area contributed by atoms with Gasteiger partial charge in [-0.1, -0.05) is 30.3 Å². The Hall–Kier alpha value is -3.14. The minimum Gasteiger partial charge on any atom is -0.334 e. The van der Waals surface area contributed by atoms with Gasteiger partial charge in [-0.05, 0) is 38.2 Å². The standard InChI is InChI=1S/C21H24N4O3/c1-3-23-13-18(11-22)20(27)25(21(23)28)14-19(26)24(15(2)17-9-10-17)12-16-7-5-4-6-8-16/h4-8,13,15,17H,3,9-10,12,14H2,1-2H3/t15-/m1/s1. The lowest BCUT2D eigenvalue weighted by atomic mass is 10.1. The minimum absolute atomic E-state index is 0.0240. The van der Waals surface area contributed by atoms with Crippen molar-refractivity contribution in [1.29, 1.82) is 5.26 Å². The molecule has 1 aliphatic rings. The number of aromatic nitrogens is 2. The smallest absolute Gasteiger partial charge is 0.331 e. The van der Waals surface area contributed by atoms with Gasteiger partial charge in [0.15, 0.2) is 0 Å². The quantitative estimate of drug-likeness (QED) is 0.732. The maximum atomic E-state index is 13.1. The van der Waals surface area contributed by atoms with Crippen LogP contribution in [-0.2, 0) is 24.4 Å². The first-order chi connectivity index (χ1) is 13.5. The highest BCUT2D eigenvalue weighted by molar-refractivity contribution is 5.76. The van der Waals surface area contributed by atoms with Crippen molar-refractivity contribution in [1.82, 2.24) is 14.0 Å². The first kappa shape index (κ1) is 19.6. The zero-order valence-electron chi connectivity index (χ0n) is 16.2. The van der Waals surface area contributed by atoms with Gasteiger partial charge in [0.25, 0.3) is 5.56 Å². The summed E-state index contributed by atoms with van der Waals surface area (Å²) in [6.07, 6.45) is 3.40. The molecule has 0 saturated heterocycles. The van der Waals surface area contributed by atoms with E-state index >= 15 is 0 Å². The van der Waals surface area contributed by atoms with Crippen LogP contribution in [0.5, 0.6) is 0 Å². The second kappa shape index (κ2) is 8.26. The van der Waals surface area contributed by atoms with Crippen molar-refractivity contribution in [2.75, 3.05) is 0 Å². The maximum absolute atomic E-state index is 13.1. The van der Waals surface area contributed by atoms with E-state index in [4.69, 9.17) is 0 Å². The lowest BCUT2D eigenvalue weighted by Gasteiger charge is -2.30. The summed E-state index contributed by atoms with van der Waals surface area (Å²) >= 11 is 0. The first-order valence-corrected chi connectivity index (χ1v) is 9.54. The van der Waals surface area contributed by atoms with Gasteiger partial charge in [-0.15, -0.1) is 0 Å². The normalized spacial score (nSPS) is 14.3. The molecule has 146 valence electrons. The highest BCUT2D eigenvalue weighted by atomic mass is 16.2. The van der Waals surface area contributed by atoms with Gasteiger partial charge < -0.3 is 4.90 Å². The molecule has 0 aliphatic heterocycles. The molecule has 0 unspecified atom stereocenters. The Labute approximate surface area is 163 Å². The van der Waals surface area contributed by atoms with Crippen molar-refractivity contribution in [3.8, 4) is 6.07 Å². The minimum atomic E-state index is -0.718. The first-order valence-electron chi connectivity index (χ1n) is 9.54. The molecule has 1 atom stereocenters. The lowest BCUT2D eigenvalue weighted by molar-refractivity contribution is -0.135. The van der Waals surface area contributed by atoms with Crippen LogP contribution in [0.15, 0.2) is 46.1 Å². The fourth-order valence-electron chi connectivity index (χ4n) is 3.39. The molecule has 1 aromatic carbocycles. The number of nitriles is 1. The van der Waals surface area contributed by atoms with Crippen LogP contribution >= 0.6 is 0 Å². The summed E-state index contributed by atoms with van der Waals surface area (Å²) in [5.41, 5.74) is -0.436. The van der Waals surface area contributed by atoms with Gasteiger partial charge in [-0.25, -0.2) is 9.36 Å². The van der Waals surface area contributed by atoms with Gasteiger partial charge in [-0.2, -0.15) is 5.26 Å². The summed E-state index contributed by atoms with van der Waals surface area (Å²) in [5, 5.41) is 9.19. The zero-order valence-corrected chi connectivity index (χ0v) is 16.2. The highest BCUT2D eigenvalue weighted by Gasteiger charge is 2.34. The van der Waals surface area contributed by atoms with E-state index in [9.17, 15) is 19.6 Å². The van der Waals surface area contributed by atoms with Crippen molar-refractivity contribution in [3.05, 3.63) is 68.5 Å². The molecule has 1 saturated carbocycles. The Morgan fingerprint density at radius 2 is 1.96 bits per heavy atom. The van der Waals surface area contributed by atoms with Crippen LogP contribution in [0, 0.1) is 17.2 Å². The summed E-state index contributed by atoms with van der Waals surface area (Å²) in [7, 11) is 0. The third-order valence-corrected chi connectivity index (χ3v) is 5.30. The van der Waals surface area contributed by atoms with E-state index in [1.54, 1.807) is 11.8 Å². The van der Waals surface area contributed by atoms with Gasteiger partial charge in [0.05, 0.1) is 0 Å². The molecular formula is C21H24N4O3. The third kappa shape index (κ3) is 4.06. The number of aryl methyl sites for hydroxylation is 1. The van der Waals surface area contributed by atoms with Crippen LogP contribution in [0.4, 0.5) is 0 Å². The van der Waals surface area contributed by atoms with E-state index in [2.05, 4.69) is 0 Å². The number of amides is 1. The Balaban J connectivity index is 1.93. The largest absolute Gasteiger partial charge is 0.334 e. The average molecular weight is 380 g/mol. The average Bonchev–Trinajstić information content (AvgIpc) is 3.55. The molecule has 0 N–H and O–H groups in total. The molecule has 1 aliphatic carbocycles. The van der Waals surface area contributed by atoms with Gasteiger partial charge >= 0.3 is 5.69 Å². The summed E-state index contributed by atoms with van der Waals surface area (Å²) in [6, 6.07) is 11.5. The van der Waals surface area contributed by atoms with Crippen molar-refractivity contribution >= 4 is 5.91 Å². The predicted molar refractivity (Wildman–Crippen MR) is 105 cm³/mol. The van der Waals surface area contributed by atoms with Crippen molar-refractivity contribution < 1.29 is 4.79 Å². The Bertz CT molecular complexity index is 1010. The second-order valence-corrected chi connectivity index (χ2v) is 7.20. The van der Waals surface area contributed by atoms with Gasteiger partial charge in [0.1, 0.15) is 18.2 Å². The molecule has 28 heavy (non-hydrogen) atoms. The number of hydrogen-bond acceptors (Lipinski definition) is 4. The van der Waals surface area contributed by atoms with Gasteiger partial charge in [0, 0.05) is 25.3 Å². The number of carbonyl (C=O) groups excluding carboxylic acids is 1. The van der Waals surface area contributed by atoms with E-state index in [1.807, 2.05) is 43.3 Å². The molecule has 3 rings (SSSR count). The number of hydrogen-bond donors (Lipinski definition) is 0. The summed E-state index contributed by atoms with van der Waals surface area (Å²) in [6.45, 7) is 4.13. The molecule has 2 aromatic rings. The fourth-order valence-corrected chi connectivity index (χ4v) is 3.39. The maximum Gasteiger partial charge on any atom is 0.331 e. The van der Waals surface area contributed by atoms with Crippen LogP contribution in [0.1, 0.15) is 37.8 Å². The van der Waals surface area contributed by atoms with Gasteiger partial charge in [0.2, 0.25) is 5.91 Å². The van der Waals surface area contributed by atoms with Crippen LogP contribution in [-0.4, -0.2) is 26.0 Å². The predicted octanol–water partition coefficient (Wildman–Crippen LogP) is 1.73. The fraction of sp³-hybridized carbons (Fsp3) is 0.429. The van der Waals surface area contributed by atoms with E-state index < -0.39 is 11.2 Å². The van der Waals surface area contributed by atoms with E-state index in [1.165, 1.54) is 10.8 Å². The van der Waals surface area contributed by atoms with E-state index in [0.29, 0.717) is 19.0 Å². The van der Waals surface area contributed by atoms with Crippen molar-refractivity contribution in [2.45, 2.75) is 52.4 Å². The molecule has 1 fully saturated rings. The number of benzene rings is 1. The summed E-state index contributed by atoms with van der Waals surface area (Å²) < 4.78 is 2.15. The molecule has 0 spiro atoms. The molecule has 7 nitrogen and oxygen atoms in total. The monoisotopic (exact) mass is 380 g/mol. The highest BCUT2D eigenvalue weighted by Crippen LogP contribution is 2.35. The summed E-state index contributed by atoms with van der Waals surface area (Å²) in [5.74, 6) is 0.155. The van der Waals surface area contributed by atoms with Crippen LogP contribution in [0.25, 0.3) is 0 Å². The molecule has 1 aromatic heterocycles. The molecule has 7 heteroatoms. The van der Waals surface area contributed by atoms with E-state index in [0.717, 1.165) is 23.0 Å². The SMILES string of the molecule is CCn1cc(C#N)c(=O)n(CC(=O)N(Cc2ccccc2)[C@H](C)C2CC2)c1=O. The Morgan fingerprint density at radius 1 is 1.29 bits per heavy atom. The Morgan fingerprint density at radius 3 is 2.54 bits per heavy atom. The number of carbonyl (C=O) groups is 1. The van der Waals surface area contributed by atoms with Crippen LogP contribution in [0.3, 0.4) is 0 Å². The molecule has 0 radical (unpaired) electrons. The van der Waals surface area contributed by atoms with Crippen LogP contribution < -0.4 is 11.2 Å². The van der Waals surface area contributed by atoms with Crippen LogP contribution in [0.2, 0.25) is 0 Å². The van der Waals surface area contributed by atoms with E-state index in [-0.39, 0.29) is 24.1 Å². The Kier molecular flexibility index (Phi) is 5.78. The molecule has 1 heterocycles. The second-order valence-electron chi connectivity index (χ2n) is 7.20. The lowest BCUT2D eigenvalue weighted by Crippen LogP contribution is -2.47. The third-order valence-electron chi connectivity index (χ3n) is 5.30. The summed E-state index contributed by atoms with van der Waals surface area (Å²) in [4.78, 5) is 39.9.